The zero-order valence-electron chi connectivity index (χ0n) is 12.4. The molecule has 0 amide bonds. The normalized spacial score (nSPS) is 19.4. The van der Waals surface area contributed by atoms with Gasteiger partial charge in [-0.1, -0.05) is 20.8 Å². The summed E-state index contributed by atoms with van der Waals surface area (Å²) in [5.74, 6) is 0. The molecule has 17 heavy (non-hydrogen) atoms. The maximum absolute atomic E-state index is 5.75. The standard InChI is InChI=1S/C14H29NO2/c1-13(2,3)11-16-7-8-17-12-9-15(10-12)14(4,5)6/h12H,7-11H2,1-6H3. The average molecular weight is 243 g/mol. The van der Waals surface area contributed by atoms with Crippen LogP contribution >= 0.6 is 0 Å². The second kappa shape index (κ2) is 5.68. The van der Waals surface area contributed by atoms with Gasteiger partial charge in [0.15, 0.2) is 0 Å². The van der Waals surface area contributed by atoms with Crippen molar-refractivity contribution in [2.75, 3.05) is 32.9 Å². The highest BCUT2D eigenvalue weighted by atomic mass is 16.5. The van der Waals surface area contributed by atoms with Gasteiger partial charge >= 0.3 is 0 Å². The topological polar surface area (TPSA) is 21.7 Å². The van der Waals surface area contributed by atoms with Crippen molar-refractivity contribution in [2.24, 2.45) is 5.41 Å². The maximum atomic E-state index is 5.75. The van der Waals surface area contributed by atoms with Crippen LogP contribution in [0.1, 0.15) is 41.5 Å². The summed E-state index contributed by atoms with van der Waals surface area (Å²) in [5.41, 5.74) is 0.530. The van der Waals surface area contributed by atoms with Crippen molar-refractivity contribution in [3.63, 3.8) is 0 Å². The Balaban J connectivity index is 1.97. The highest BCUT2D eigenvalue weighted by Gasteiger charge is 2.34. The second-order valence-corrected chi connectivity index (χ2v) is 7.18. The molecule has 0 aromatic rings. The molecule has 0 bridgehead atoms. The molecule has 3 heteroatoms. The molecular formula is C14H29NO2. The zero-order chi connectivity index (χ0) is 13.1. The number of likely N-dealkylation sites (tertiary alicyclic amines) is 1. The smallest absolute Gasteiger partial charge is 0.0830 e. The third kappa shape index (κ3) is 5.84. The lowest BCUT2D eigenvalue weighted by Gasteiger charge is -2.47. The zero-order valence-corrected chi connectivity index (χ0v) is 12.4. The summed E-state index contributed by atoms with van der Waals surface area (Å²) in [5, 5.41) is 0. The summed E-state index contributed by atoms with van der Waals surface area (Å²) in [4.78, 5) is 2.44. The van der Waals surface area contributed by atoms with Crippen molar-refractivity contribution in [3.8, 4) is 0 Å². The fourth-order valence-corrected chi connectivity index (χ4v) is 1.74. The molecule has 0 aromatic carbocycles. The molecule has 0 aliphatic carbocycles. The van der Waals surface area contributed by atoms with Crippen LogP contribution in [0.2, 0.25) is 0 Å². The first kappa shape index (κ1) is 14.9. The van der Waals surface area contributed by atoms with Crippen molar-refractivity contribution in [2.45, 2.75) is 53.2 Å². The lowest BCUT2D eigenvalue weighted by molar-refractivity contribution is -0.101. The lowest BCUT2D eigenvalue weighted by atomic mass is 9.99. The van der Waals surface area contributed by atoms with Crippen LogP contribution in [-0.2, 0) is 9.47 Å². The molecule has 3 nitrogen and oxygen atoms in total. The van der Waals surface area contributed by atoms with Crippen LogP contribution in [0, 0.1) is 5.41 Å². The Kier molecular flexibility index (Phi) is 4.99. The van der Waals surface area contributed by atoms with E-state index in [1.165, 1.54) is 0 Å². The fraction of sp³-hybridized carbons (Fsp3) is 1.00. The largest absolute Gasteiger partial charge is 0.379 e. The van der Waals surface area contributed by atoms with E-state index in [2.05, 4.69) is 46.4 Å². The van der Waals surface area contributed by atoms with E-state index in [1.54, 1.807) is 0 Å². The van der Waals surface area contributed by atoms with Gasteiger partial charge in [-0.25, -0.2) is 0 Å². The Hall–Kier alpha value is -0.120. The molecule has 0 saturated carbocycles. The first-order chi connectivity index (χ1) is 7.68. The Labute approximate surface area is 106 Å². The van der Waals surface area contributed by atoms with Crippen LogP contribution in [0.3, 0.4) is 0 Å². The first-order valence-electron chi connectivity index (χ1n) is 6.63. The van der Waals surface area contributed by atoms with Gasteiger partial charge < -0.3 is 9.47 Å². The van der Waals surface area contributed by atoms with E-state index in [9.17, 15) is 0 Å². The first-order valence-corrected chi connectivity index (χ1v) is 6.63. The Morgan fingerprint density at radius 3 is 2.06 bits per heavy atom. The van der Waals surface area contributed by atoms with Crippen LogP contribution in [-0.4, -0.2) is 49.5 Å². The number of ether oxygens (including phenoxy) is 2. The highest BCUT2D eigenvalue weighted by molar-refractivity contribution is 4.89. The van der Waals surface area contributed by atoms with Crippen LogP contribution < -0.4 is 0 Å². The van der Waals surface area contributed by atoms with E-state index in [4.69, 9.17) is 9.47 Å². The quantitative estimate of drug-likeness (QED) is 0.693. The molecule has 1 aliphatic rings. The number of nitrogens with zero attached hydrogens (tertiary/aromatic N) is 1. The summed E-state index contributed by atoms with van der Waals surface area (Å²) in [6.07, 6.45) is 0.410. The van der Waals surface area contributed by atoms with Gasteiger partial charge in [0.05, 0.1) is 25.9 Å². The molecule has 1 aliphatic heterocycles. The molecule has 102 valence electrons. The van der Waals surface area contributed by atoms with E-state index in [-0.39, 0.29) is 11.0 Å². The minimum Gasteiger partial charge on any atom is -0.379 e. The molecule has 1 fully saturated rings. The predicted octanol–water partition coefficient (Wildman–Crippen LogP) is 2.55. The molecule has 1 heterocycles. The Morgan fingerprint density at radius 1 is 1.00 bits per heavy atom. The van der Waals surface area contributed by atoms with E-state index in [0.717, 1.165) is 26.3 Å². The van der Waals surface area contributed by atoms with E-state index in [1.807, 2.05) is 0 Å². The van der Waals surface area contributed by atoms with Crippen LogP contribution in [0.4, 0.5) is 0 Å². The van der Waals surface area contributed by atoms with Crippen molar-refractivity contribution in [1.82, 2.24) is 4.90 Å². The van der Waals surface area contributed by atoms with E-state index >= 15 is 0 Å². The van der Waals surface area contributed by atoms with Crippen LogP contribution in [0.5, 0.6) is 0 Å². The predicted molar refractivity (Wildman–Crippen MR) is 71.3 cm³/mol. The lowest BCUT2D eigenvalue weighted by Crippen LogP contribution is -2.59. The fourth-order valence-electron chi connectivity index (χ4n) is 1.74. The Morgan fingerprint density at radius 2 is 1.59 bits per heavy atom. The molecule has 0 atom stereocenters. The van der Waals surface area contributed by atoms with Gasteiger partial charge in [-0.15, -0.1) is 0 Å². The second-order valence-electron chi connectivity index (χ2n) is 7.18. The summed E-state index contributed by atoms with van der Waals surface area (Å²) < 4.78 is 11.3. The molecule has 0 N–H and O–H groups in total. The highest BCUT2D eigenvalue weighted by Crippen LogP contribution is 2.22. The summed E-state index contributed by atoms with van der Waals surface area (Å²) in [6.45, 7) is 17.6. The minimum absolute atomic E-state index is 0.250. The van der Waals surface area contributed by atoms with Gasteiger partial charge in [-0.3, -0.25) is 4.90 Å². The molecule has 1 rings (SSSR count). The summed E-state index contributed by atoms with van der Waals surface area (Å²) >= 11 is 0. The molecular weight excluding hydrogens is 214 g/mol. The summed E-state index contributed by atoms with van der Waals surface area (Å²) in [7, 11) is 0. The van der Waals surface area contributed by atoms with Crippen LogP contribution in [0.25, 0.3) is 0 Å². The minimum atomic E-state index is 0.250. The van der Waals surface area contributed by atoms with Gasteiger partial charge in [0, 0.05) is 18.6 Å². The average Bonchev–Trinajstić information content (AvgIpc) is 2.02. The van der Waals surface area contributed by atoms with Gasteiger partial charge in [-0.2, -0.15) is 0 Å². The monoisotopic (exact) mass is 243 g/mol. The van der Waals surface area contributed by atoms with Crippen molar-refractivity contribution >= 4 is 0 Å². The Bertz CT molecular complexity index is 221. The number of hydrogen-bond donors (Lipinski definition) is 0. The molecule has 0 aromatic heterocycles. The van der Waals surface area contributed by atoms with Crippen molar-refractivity contribution in [1.29, 1.82) is 0 Å². The van der Waals surface area contributed by atoms with Gasteiger partial charge in [-0.05, 0) is 26.2 Å². The third-order valence-electron chi connectivity index (χ3n) is 2.91. The van der Waals surface area contributed by atoms with Crippen molar-refractivity contribution in [3.05, 3.63) is 0 Å². The van der Waals surface area contributed by atoms with Crippen molar-refractivity contribution < 1.29 is 9.47 Å². The number of hydrogen-bond acceptors (Lipinski definition) is 3. The molecule has 0 unspecified atom stereocenters. The number of rotatable bonds is 5. The SMILES string of the molecule is CC(C)(C)COCCOC1CN(C(C)(C)C)C1. The van der Waals surface area contributed by atoms with Gasteiger partial charge in [0.1, 0.15) is 0 Å². The maximum Gasteiger partial charge on any atom is 0.0830 e. The van der Waals surface area contributed by atoms with E-state index < -0.39 is 0 Å². The van der Waals surface area contributed by atoms with Crippen LogP contribution in [0.15, 0.2) is 0 Å². The molecule has 0 spiro atoms. The van der Waals surface area contributed by atoms with Gasteiger partial charge in [0.2, 0.25) is 0 Å². The molecule has 0 radical (unpaired) electrons. The summed E-state index contributed by atoms with van der Waals surface area (Å²) in [6, 6.07) is 0. The molecule has 1 saturated heterocycles. The third-order valence-corrected chi connectivity index (χ3v) is 2.91. The van der Waals surface area contributed by atoms with Gasteiger partial charge in [0.25, 0.3) is 0 Å². The van der Waals surface area contributed by atoms with E-state index in [0.29, 0.717) is 12.7 Å².